The average Bonchev–Trinajstić information content (AvgIpc) is 2.92. The molecule has 0 aliphatic heterocycles. The second kappa shape index (κ2) is 8.38. The summed E-state index contributed by atoms with van der Waals surface area (Å²) in [6.45, 7) is 7.37. The van der Waals surface area contributed by atoms with Crippen molar-refractivity contribution in [2.24, 2.45) is 11.3 Å². The Morgan fingerprint density at radius 3 is 2.40 bits per heavy atom. The van der Waals surface area contributed by atoms with Gasteiger partial charge in [-0.15, -0.1) is 0 Å². The van der Waals surface area contributed by atoms with Gasteiger partial charge < -0.3 is 10.2 Å². The highest BCUT2D eigenvalue weighted by Crippen LogP contribution is 2.37. The molecule has 0 aromatic heterocycles. The first kappa shape index (κ1) is 16.3. The minimum Gasteiger partial charge on any atom is -0.316 e. The highest BCUT2D eigenvalue weighted by atomic mass is 15.1. The molecule has 118 valence electrons. The summed E-state index contributed by atoms with van der Waals surface area (Å²) in [5.41, 5.74) is 0.570. The first-order valence-corrected chi connectivity index (χ1v) is 9.13. The van der Waals surface area contributed by atoms with Crippen LogP contribution in [0.2, 0.25) is 0 Å². The van der Waals surface area contributed by atoms with Crippen LogP contribution in [0.1, 0.15) is 71.1 Å². The Balaban J connectivity index is 1.81. The zero-order chi connectivity index (χ0) is 14.3. The average molecular weight is 280 g/mol. The normalized spacial score (nSPS) is 23.6. The van der Waals surface area contributed by atoms with Crippen molar-refractivity contribution >= 4 is 0 Å². The first-order chi connectivity index (χ1) is 9.74. The molecule has 0 amide bonds. The van der Waals surface area contributed by atoms with Gasteiger partial charge in [-0.1, -0.05) is 39.0 Å². The van der Waals surface area contributed by atoms with E-state index in [1.165, 1.54) is 90.4 Å². The van der Waals surface area contributed by atoms with Crippen LogP contribution < -0.4 is 5.32 Å². The molecule has 0 unspecified atom stereocenters. The molecule has 2 nitrogen and oxygen atoms in total. The third kappa shape index (κ3) is 5.04. The van der Waals surface area contributed by atoms with Crippen LogP contribution >= 0.6 is 0 Å². The molecule has 0 radical (unpaired) electrons. The maximum atomic E-state index is 3.72. The van der Waals surface area contributed by atoms with Crippen molar-refractivity contribution in [3.05, 3.63) is 0 Å². The first-order valence-electron chi connectivity index (χ1n) is 9.13. The predicted molar refractivity (Wildman–Crippen MR) is 88.1 cm³/mol. The predicted octanol–water partition coefficient (Wildman–Crippen LogP) is 4.06. The Bertz CT molecular complexity index is 252. The van der Waals surface area contributed by atoms with Crippen LogP contribution in [0.3, 0.4) is 0 Å². The van der Waals surface area contributed by atoms with E-state index in [0.29, 0.717) is 5.41 Å². The Morgan fingerprint density at radius 1 is 1.05 bits per heavy atom. The van der Waals surface area contributed by atoms with Gasteiger partial charge in [0.1, 0.15) is 0 Å². The van der Waals surface area contributed by atoms with Crippen LogP contribution in [-0.2, 0) is 0 Å². The zero-order valence-corrected chi connectivity index (χ0v) is 13.9. The summed E-state index contributed by atoms with van der Waals surface area (Å²) in [7, 11) is 2.37. The molecule has 0 atom stereocenters. The third-order valence-corrected chi connectivity index (χ3v) is 5.49. The van der Waals surface area contributed by atoms with Gasteiger partial charge in [0, 0.05) is 19.6 Å². The Morgan fingerprint density at radius 2 is 1.75 bits per heavy atom. The molecular formula is C18H36N2. The van der Waals surface area contributed by atoms with Crippen molar-refractivity contribution in [1.82, 2.24) is 10.2 Å². The van der Waals surface area contributed by atoms with Crippen molar-refractivity contribution in [2.75, 3.05) is 33.2 Å². The van der Waals surface area contributed by atoms with Crippen molar-refractivity contribution in [2.45, 2.75) is 71.1 Å². The van der Waals surface area contributed by atoms with Gasteiger partial charge in [-0.2, -0.15) is 0 Å². The number of nitrogens with one attached hydrogen (secondary N) is 1. The van der Waals surface area contributed by atoms with E-state index in [2.05, 4.69) is 24.2 Å². The van der Waals surface area contributed by atoms with Crippen molar-refractivity contribution in [1.29, 1.82) is 0 Å². The van der Waals surface area contributed by atoms with Gasteiger partial charge >= 0.3 is 0 Å². The lowest BCUT2D eigenvalue weighted by Gasteiger charge is -2.41. The molecule has 1 N–H and O–H groups in total. The van der Waals surface area contributed by atoms with Gasteiger partial charge in [0.05, 0.1) is 0 Å². The molecule has 2 heteroatoms. The second-order valence-corrected chi connectivity index (χ2v) is 7.58. The summed E-state index contributed by atoms with van der Waals surface area (Å²) in [5, 5.41) is 3.72. The Hall–Kier alpha value is -0.0800. The molecule has 0 saturated heterocycles. The molecule has 0 bridgehead atoms. The van der Waals surface area contributed by atoms with E-state index < -0.39 is 0 Å². The molecule has 0 spiro atoms. The van der Waals surface area contributed by atoms with Crippen LogP contribution in [-0.4, -0.2) is 38.1 Å². The minimum absolute atomic E-state index is 0.570. The lowest BCUT2D eigenvalue weighted by atomic mass is 9.73. The molecule has 0 heterocycles. The molecule has 2 saturated carbocycles. The van der Waals surface area contributed by atoms with Gasteiger partial charge in [0.15, 0.2) is 0 Å². The zero-order valence-electron chi connectivity index (χ0n) is 13.9. The smallest absolute Gasteiger partial charge is 0.00472 e. The van der Waals surface area contributed by atoms with Crippen molar-refractivity contribution in [3.63, 3.8) is 0 Å². The highest BCUT2D eigenvalue weighted by Gasteiger charge is 2.33. The molecule has 2 aliphatic carbocycles. The molecule has 2 fully saturated rings. The van der Waals surface area contributed by atoms with Crippen LogP contribution in [0.15, 0.2) is 0 Å². The Kier molecular flexibility index (Phi) is 6.83. The second-order valence-electron chi connectivity index (χ2n) is 7.58. The summed E-state index contributed by atoms with van der Waals surface area (Å²) in [6, 6.07) is 0. The molecule has 0 aromatic carbocycles. The van der Waals surface area contributed by atoms with Gasteiger partial charge in [0.2, 0.25) is 0 Å². The van der Waals surface area contributed by atoms with E-state index in [1.54, 1.807) is 0 Å². The number of hydrogen-bond donors (Lipinski definition) is 1. The van der Waals surface area contributed by atoms with E-state index in [0.717, 1.165) is 5.92 Å². The van der Waals surface area contributed by atoms with E-state index in [1.807, 2.05) is 0 Å². The fraction of sp³-hybridized carbons (Fsp3) is 1.00. The van der Waals surface area contributed by atoms with Gasteiger partial charge in [-0.3, -0.25) is 0 Å². The number of nitrogens with zero attached hydrogens (tertiary/aromatic N) is 1. The summed E-state index contributed by atoms with van der Waals surface area (Å²) in [4.78, 5) is 2.66. The van der Waals surface area contributed by atoms with Gasteiger partial charge in [-0.05, 0) is 57.0 Å². The quantitative estimate of drug-likeness (QED) is 0.675. The number of rotatable bonds is 8. The largest absolute Gasteiger partial charge is 0.316 e. The summed E-state index contributed by atoms with van der Waals surface area (Å²) < 4.78 is 0. The van der Waals surface area contributed by atoms with Crippen LogP contribution in [0, 0.1) is 11.3 Å². The highest BCUT2D eigenvalue weighted by molar-refractivity contribution is 4.88. The summed E-state index contributed by atoms with van der Waals surface area (Å²) >= 11 is 0. The summed E-state index contributed by atoms with van der Waals surface area (Å²) in [6.07, 6.45) is 14.4. The van der Waals surface area contributed by atoms with Gasteiger partial charge in [0.25, 0.3) is 0 Å². The fourth-order valence-corrected chi connectivity index (χ4v) is 4.49. The lowest BCUT2D eigenvalue weighted by molar-refractivity contribution is 0.108. The monoisotopic (exact) mass is 280 g/mol. The van der Waals surface area contributed by atoms with E-state index in [-0.39, 0.29) is 0 Å². The van der Waals surface area contributed by atoms with E-state index in [9.17, 15) is 0 Å². The van der Waals surface area contributed by atoms with Crippen LogP contribution in [0.4, 0.5) is 0 Å². The molecule has 20 heavy (non-hydrogen) atoms. The van der Waals surface area contributed by atoms with Gasteiger partial charge in [-0.25, -0.2) is 0 Å². The summed E-state index contributed by atoms with van der Waals surface area (Å²) in [5.74, 6) is 0.990. The standard InChI is InChI=1S/C18H36N2/c1-3-13-19-15-18(11-7-4-8-12-18)16-20(2)14-17-9-5-6-10-17/h17,19H,3-16H2,1-2H3. The SMILES string of the molecule is CCCNCC1(CN(C)CC2CCCC2)CCCCC1. The minimum atomic E-state index is 0.570. The van der Waals surface area contributed by atoms with Crippen LogP contribution in [0.25, 0.3) is 0 Å². The molecule has 0 aromatic rings. The maximum absolute atomic E-state index is 3.72. The van der Waals surface area contributed by atoms with Crippen LogP contribution in [0.5, 0.6) is 0 Å². The van der Waals surface area contributed by atoms with Crippen molar-refractivity contribution < 1.29 is 0 Å². The molecule has 2 aliphatic rings. The fourth-order valence-electron chi connectivity index (χ4n) is 4.49. The third-order valence-electron chi connectivity index (χ3n) is 5.49. The lowest BCUT2D eigenvalue weighted by Crippen LogP contribution is -2.45. The molecular weight excluding hydrogens is 244 g/mol. The molecule has 2 rings (SSSR count). The maximum Gasteiger partial charge on any atom is 0.00472 e. The van der Waals surface area contributed by atoms with E-state index in [4.69, 9.17) is 0 Å². The van der Waals surface area contributed by atoms with E-state index >= 15 is 0 Å². The number of hydrogen-bond acceptors (Lipinski definition) is 2. The van der Waals surface area contributed by atoms with Crippen molar-refractivity contribution in [3.8, 4) is 0 Å². The topological polar surface area (TPSA) is 15.3 Å². The Labute approximate surface area is 126 Å².